The lowest BCUT2D eigenvalue weighted by atomic mass is 10.1. The molecule has 2 nitrogen and oxygen atoms in total. The second kappa shape index (κ2) is 3.74. The van der Waals surface area contributed by atoms with Crippen LogP contribution in [0.2, 0.25) is 0 Å². The van der Waals surface area contributed by atoms with Crippen molar-refractivity contribution in [3.63, 3.8) is 0 Å². The SMILES string of the molecule is C[NH+]=c1ccc2cc3ccc(C)cc3oc-2c1. The van der Waals surface area contributed by atoms with Gasteiger partial charge < -0.3 is 4.42 Å². The van der Waals surface area contributed by atoms with Gasteiger partial charge >= 0.3 is 0 Å². The molecule has 0 atom stereocenters. The average molecular weight is 224 g/mol. The van der Waals surface area contributed by atoms with E-state index < -0.39 is 0 Å². The molecule has 1 aromatic rings. The molecule has 0 amide bonds. The van der Waals surface area contributed by atoms with Crippen molar-refractivity contribution < 1.29 is 9.41 Å². The zero-order chi connectivity index (χ0) is 11.8. The molecular weight excluding hydrogens is 210 g/mol. The molecule has 0 radical (unpaired) electrons. The maximum atomic E-state index is 5.93. The predicted molar refractivity (Wildman–Crippen MR) is 67.6 cm³/mol. The quantitative estimate of drug-likeness (QED) is 0.575. The summed E-state index contributed by atoms with van der Waals surface area (Å²) in [7, 11) is 1.91. The molecule has 0 fully saturated rings. The Kier molecular flexibility index (Phi) is 2.22. The molecule has 0 aromatic heterocycles. The van der Waals surface area contributed by atoms with E-state index in [1.165, 1.54) is 5.56 Å². The predicted octanol–water partition coefficient (Wildman–Crippen LogP) is 1.46. The lowest BCUT2D eigenvalue weighted by Gasteiger charge is -2.06. The van der Waals surface area contributed by atoms with Crippen LogP contribution >= 0.6 is 0 Å². The number of nitrogens with one attached hydrogen (secondary N) is 1. The van der Waals surface area contributed by atoms with Crippen LogP contribution in [0, 0.1) is 6.92 Å². The lowest BCUT2D eigenvalue weighted by Crippen LogP contribution is -2.71. The smallest absolute Gasteiger partial charge is 0.201 e. The minimum absolute atomic E-state index is 0.912. The molecule has 1 heterocycles. The third kappa shape index (κ3) is 1.72. The van der Waals surface area contributed by atoms with E-state index in [1.807, 2.05) is 13.1 Å². The second-order valence-corrected chi connectivity index (χ2v) is 4.29. The molecule has 0 unspecified atom stereocenters. The molecule has 0 saturated heterocycles. The highest BCUT2D eigenvalue weighted by molar-refractivity contribution is 5.83. The summed E-state index contributed by atoms with van der Waals surface area (Å²) in [6, 6.07) is 14.6. The van der Waals surface area contributed by atoms with Gasteiger partial charge in [0.25, 0.3) is 0 Å². The van der Waals surface area contributed by atoms with Crippen molar-refractivity contribution in [2.75, 3.05) is 7.05 Å². The number of hydrogen-bond acceptors (Lipinski definition) is 1. The van der Waals surface area contributed by atoms with Crippen LogP contribution in [0.4, 0.5) is 0 Å². The van der Waals surface area contributed by atoms with E-state index in [4.69, 9.17) is 4.42 Å². The first-order chi connectivity index (χ1) is 8.26. The Morgan fingerprint density at radius 3 is 2.71 bits per heavy atom. The molecule has 1 aliphatic heterocycles. The monoisotopic (exact) mass is 224 g/mol. The average Bonchev–Trinajstić information content (AvgIpc) is 2.35. The van der Waals surface area contributed by atoms with E-state index >= 15 is 0 Å². The number of benzene rings is 2. The van der Waals surface area contributed by atoms with Gasteiger partial charge in [-0.05, 0) is 30.7 Å². The van der Waals surface area contributed by atoms with Crippen molar-refractivity contribution in [1.29, 1.82) is 0 Å². The van der Waals surface area contributed by atoms with Crippen LogP contribution in [-0.4, -0.2) is 7.05 Å². The van der Waals surface area contributed by atoms with Crippen LogP contribution < -0.4 is 10.3 Å². The van der Waals surface area contributed by atoms with Crippen LogP contribution in [0.5, 0.6) is 0 Å². The Morgan fingerprint density at radius 1 is 1.00 bits per heavy atom. The summed E-state index contributed by atoms with van der Waals surface area (Å²) < 4.78 is 5.93. The summed E-state index contributed by atoms with van der Waals surface area (Å²) >= 11 is 0. The van der Waals surface area contributed by atoms with Crippen LogP contribution in [0.1, 0.15) is 5.56 Å². The first-order valence-corrected chi connectivity index (χ1v) is 5.71. The molecule has 2 aliphatic rings. The second-order valence-electron chi connectivity index (χ2n) is 4.29. The molecule has 0 bridgehead atoms. The molecule has 2 heteroatoms. The summed E-state index contributed by atoms with van der Waals surface area (Å²) in [4.78, 5) is 3.12. The maximum absolute atomic E-state index is 5.93. The molecule has 0 spiro atoms. The molecule has 17 heavy (non-hydrogen) atoms. The first-order valence-electron chi connectivity index (χ1n) is 5.71. The molecule has 1 N–H and O–H groups in total. The standard InChI is InChI=1S/C15H13NO/c1-10-3-4-11-8-12-5-6-13(16-2)9-15(12)17-14(11)7-10/h3-9H,1-2H3/p+1. The van der Waals surface area contributed by atoms with Crippen molar-refractivity contribution in [2.24, 2.45) is 0 Å². The lowest BCUT2D eigenvalue weighted by molar-refractivity contribution is -0.465. The fourth-order valence-electron chi connectivity index (χ4n) is 2.03. The highest BCUT2D eigenvalue weighted by Crippen LogP contribution is 2.27. The van der Waals surface area contributed by atoms with E-state index in [2.05, 4.69) is 48.3 Å². The Bertz CT molecular complexity index is 725. The minimum atomic E-state index is 0.912. The zero-order valence-electron chi connectivity index (χ0n) is 9.95. The Balaban J connectivity index is 2.41. The summed E-state index contributed by atoms with van der Waals surface area (Å²) in [5.41, 5.74) is 3.27. The first kappa shape index (κ1) is 10.1. The van der Waals surface area contributed by atoms with Gasteiger partial charge in [-0.1, -0.05) is 12.1 Å². The summed E-state index contributed by atoms with van der Waals surface area (Å²) in [5.74, 6) is 0.912. The molecule has 3 rings (SSSR count). The Hall–Kier alpha value is -2.09. The number of rotatable bonds is 0. The molecule has 84 valence electrons. The maximum Gasteiger partial charge on any atom is 0.201 e. The van der Waals surface area contributed by atoms with Crippen LogP contribution in [0.3, 0.4) is 0 Å². The van der Waals surface area contributed by atoms with Crippen molar-refractivity contribution in [1.82, 2.24) is 0 Å². The van der Waals surface area contributed by atoms with Crippen molar-refractivity contribution in [2.45, 2.75) is 6.92 Å². The Morgan fingerprint density at radius 2 is 1.88 bits per heavy atom. The molecule has 1 aliphatic carbocycles. The fourth-order valence-corrected chi connectivity index (χ4v) is 2.03. The fraction of sp³-hybridized carbons (Fsp3) is 0.133. The molecular formula is C15H14NO+. The van der Waals surface area contributed by atoms with Crippen molar-refractivity contribution >= 4 is 11.0 Å². The number of fused-ring (bicyclic) bond motifs is 2. The van der Waals surface area contributed by atoms with Gasteiger partial charge in [0.2, 0.25) is 5.36 Å². The van der Waals surface area contributed by atoms with Crippen molar-refractivity contribution in [3.8, 4) is 11.3 Å². The summed E-state index contributed by atoms with van der Waals surface area (Å²) in [6.45, 7) is 2.07. The highest BCUT2D eigenvalue weighted by Gasteiger charge is 2.07. The third-order valence-corrected chi connectivity index (χ3v) is 3.00. The minimum Gasteiger partial charge on any atom is -0.456 e. The van der Waals surface area contributed by atoms with Gasteiger partial charge in [0.1, 0.15) is 18.4 Å². The van der Waals surface area contributed by atoms with E-state index in [1.54, 1.807) is 0 Å². The van der Waals surface area contributed by atoms with Gasteiger partial charge in [-0.3, -0.25) is 0 Å². The summed E-state index contributed by atoms with van der Waals surface area (Å²) in [6.07, 6.45) is 0. The molecule has 0 saturated carbocycles. The van der Waals surface area contributed by atoms with Gasteiger partial charge in [0.05, 0.1) is 6.07 Å². The number of aryl methyl sites for hydroxylation is 1. The van der Waals surface area contributed by atoms with Gasteiger partial charge in [0, 0.05) is 17.0 Å². The van der Waals surface area contributed by atoms with E-state index in [9.17, 15) is 0 Å². The van der Waals surface area contributed by atoms with Crippen molar-refractivity contribution in [3.05, 3.63) is 53.4 Å². The van der Waals surface area contributed by atoms with Gasteiger partial charge in [0.15, 0.2) is 0 Å². The van der Waals surface area contributed by atoms with Crippen LogP contribution in [0.15, 0.2) is 46.9 Å². The van der Waals surface area contributed by atoms with E-state index in [-0.39, 0.29) is 0 Å². The highest BCUT2D eigenvalue weighted by atomic mass is 16.3. The van der Waals surface area contributed by atoms with Gasteiger partial charge in [-0.15, -0.1) is 0 Å². The third-order valence-electron chi connectivity index (χ3n) is 3.00. The summed E-state index contributed by atoms with van der Waals surface area (Å²) in [5, 5.41) is 2.20. The Labute approximate surface area is 99.6 Å². The zero-order valence-corrected chi connectivity index (χ0v) is 9.95. The topological polar surface area (TPSA) is 27.1 Å². The van der Waals surface area contributed by atoms with Crippen LogP contribution in [-0.2, 0) is 0 Å². The normalized spacial score (nSPS) is 12.5. The molecule has 1 aromatic carbocycles. The van der Waals surface area contributed by atoms with Crippen LogP contribution in [0.25, 0.3) is 22.3 Å². The largest absolute Gasteiger partial charge is 0.456 e. The van der Waals surface area contributed by atoms with E-state index in [0.717, 1.165) is 27.7 Å². The van der Waals surface area contributed by atoms with Gasteiger partial charge in [-0.25, -0.2) is 4.99 Å². The van der Waals surface area contributed by atoms with Gasteiger partial charge in [-0.2, -0.15) is 0 Å². The van der Waals surface area contributed by atoms with E-state index in [0.29, 0.717) is 0 Å². The number of hydrogen-bond donors (Lipinski definition) is 1.